The average Bonchev–Trinajstić information content (AvgIpc) is 2.68. The Bertz CT molecular complexity index is 734. The second kappa shape index (κ2) is 20.8. The molecule has 37 heavy (non-hydrogen) atoms. The van der Waals surface area contributed by atoms with Crippen LogP contribution in [0.15, 0.2) is 35.0 Å². The summed E-state index contributed by atoms with van der Waals surface area (Å²) in [7, 11) is -1.72. The summed E-state index contributed by atoms with van der Waals surface area (Å²) in [4.78, 5) is 7.38. The number of rotatable bonds is 10. The molecule has 0 aliphatic carbocycles. The molecule has 3 nitrogen and oxygen atoms in total. The zero-order chi connectivity index (χ0) is 28.7. The van der Waals surface area contributed by atoms with Crippen molar-refractivity contribution in [2.24, 2.45) is 4.99 Å². The van der Waals surface area contributed by atoms with Crippen LogP contribution in [0, 0.1) is 13.1 Å². The van der Waals surface area contributed by atoms with Crippen LogP contribution in [-0.2, 0) is 32.7 Å². The van der Waals surface area contributed by atoms with Gasteiger partial charge in [-0.3, -0.25) is 4.99 Å². The summed E-state index contributed by atoms with van der Waals surface area (Å²) in [5.74, 6) is 0.924. The number of nitrogens with zero attached hydrogens (tertiary/aromatic N) is 3. The fourth-order valence-corrected chi connectivity index (χ4v) is 3.11. The molecule has 0 radical (unpaired) electrons. The van der Waals surface area contributed by atoms with Crippen LogP contribution in [-0.4, -0.2) is 52.9 Å². The quantitative estimate of drug-likeness (QED) is 0.146. The topological polar surface area (TPSA) is 29.7 Å². The average molecular weight is 620 g/mol. The first-order chi connectivity index (χ1) is 16.3. The van der Waals surface area contributed by atoms with Crippen molar-refractivity contribution < 1.29 is 32.7 Å². The van der Waals surface area contributed by atoms with Crippen LogP contribution >= 0.6 is 0 Å². The minimum Gasteiger partial charge on any atom is -0.687 e. The summed E-state index contributed by atoms with van der Waals surface area (Å²) in [6.45, 7) is 42.6. The number of allylic oxidation sites excluding steroid dienone is 2. The van der Waals surface area contributed by atoms with Gasteiger partial charge in [-0.05, 0) is 49.5 Å². The van der Waals surface area contributed by atoms with E-state index in [0.717, 1.165) is 43.3 Å². The van der Waals surface area contributed by atoms with Crippen molar-refractivity contribution in [2.75, 3.05) is 26.2 Å². The minimum absolute atomic E-state index is 0. The zero-order valence-corrected chi connectivity index (χ0v) is 32.0. The molecule has 0 bridgehead atoms. The van der Waals surface area contributed by atoms with Crippen molar-refractivity contribution in [1.29, 1.82) is 0 Å². The molecule has 0 unspecified atom stereocenters. The summed E-state index contributed by atoms with van der Waals surface area (Å²) in [5, 5.41) is 4.70. The van der Waals surface area contributed by atoms with Gasteiger partial charge in [-0.15, -0.1) is 22.7 Å². The van der Waals surface area contributed by atoms with E-state index in [2.05, 4.69) is 137 Å². The number of hydrogen-bond donors (Lipinski definition) is 0. The van der Waals surface area contributed by atoms with Gasteiger partial charge in [0, 0.05) is 5.71 Å². The first-order valence-electron chi connectivity index (χ1n) is 13.8. The molecule has 0 N–H and O–H groups in total. The van der Waals surface area contributed by atoms with Crippen molar-refractivity contribution in [3.63, 3.8) is 0 Å². The molecule has 0 aliphatic rings. The first kappa shape index (κ1) is 41.4. The van der Waals surface area contributed by atoms with Crippen molar-refractivity contribution in [3.05, 3.63) is 59.5 Å². The summed E-state index contributed by atoms with van der Waals surface area (Å²) in [6.07, 6.45) is 2.10. The van der Waals surface area contributed by atoms with Crippen LogP contribution in [0.4, 0.5) is 5.69 Å². The summed E-state index contributed by atoms with van der Waals surface area (Å²) in [6, 6.07) is 6.56. The molecule has 0 amide bonds. The van der Waals surface area contributed by atoms with Gasteiger partial charge in [-0.25, -0.2) is 0 Å². The summed E-state index contributed by atoms with van der Waals surface area (Å²) >= 11 is 0. The maximum Gasteiger partial charge on any atom is 3.00 e. The Morgan fingerprint density at radius 1 is 0.892 bits per heavy atom. The third-order valence-corrected chi connectivity index (χ3v) is 4.72. The van der Waals surface area contributed by atoms with Crippen LogP contribution in [0.1, 0.15) is 78.4 Å². The van der Waals surface area contributed by atoms with Gasteiger partial charge in [0.15, 0.2) is 0 Å². The fourth-order valence-electron chi connectivity index (χ4n) is 3.11. The van der Waals surface area contributed by atoms with Gasteiger partial charge in [0.2, 0.25) is 0 Å². The van der Waals surface area contributed by atoms with E-state index in [1.165, 1.54) is 11.1 Å². The van der Waals surface area contributed by atoms with Crippen LogP contribution in [0.25, 0.3) is 5.32 Å². The Kier molecular flexibility index (Phi) is 23.3. The molecule has 6 heteroatoms. The molecule has 0 fully saturated rings. The number of benzene rings is 1. The van der Waals surface area contributed by atoms with Gasteiger partial charge in [-0.2, -0.15) is 5.70 Å². The molecule has 210 valence electrons. The molecule has 0 heterocycles. The molecule has 0 aromatic heterocycles. The van der Waals surface area contributed by atoms with Crippen LogP contribution < -0.4 is 0 Å². The SMILES string of the molecule is CCN(CC)CC[N-]/C(C)=C/C(C)=Nc1c(C(C)C)cccc1C(C)C.[CH2-][Si](C)(C)C.[CH2-][Si](C)(C)C.[Y+3]. The van der Waals surface area contributed by atoms with E-state index in [1.807, 2.05) is 0 Å². The number of aliphatic imine (C=N–C) groups is 1. The maximum atomic E-state index is 4.99. The summed E-state index contributed by atoms with van der Waals surface area (Å²) < 4.78 is 0. The molecule has 1 aromatic carbocycles. The van der Waals surface area contributed by atoms with E-state index in [4.69, 9.17) is 10.3 Å². The van der Waals surface area contributed by atoms with Crippen molar-refractivity contribution in [3.8, 4) is 0 Å². The van der Waals surface area contributed by atoms with Gasteiger partial charge in [0.1, 0.15) is 0 Å². The molecule has 1 rings (SSSR count). The number of para-hydroxylation sites is 1. The molecular weight excluding hydrogens is 559 g/mol. The monoisotopic (exact) mass is 619 g/mol. The van der Waals surface area contributed by atoms with E-state index in [0.29, 0.717) is 11.8 Å². The van der Waals surface area contributed by atoms with Crippen molar-refractivity contribution in [2.45, 2.75) is 107 Å². The molecule has 0 atom stereocenters. The van der Waals surface area contributed by atoms with Crippen LogP contribution in [0.5, 0.6) is 0 Å². The van der Waals surface area contributed by atoms with E-state index in [9.17, 15) is 0 Å². The molecule has 0 saturated heterocycles. The van der Waals surface area contributed by atoms with Crippen molar-refractivity contribution >= 4 is 27.5 Å². The van der Waals surface area contributed by atoms with E-state index < -0.39 is 16.1 Å². The van der Waals surface area contributed by atoms with E-state index in [1.54, 1.807) is 0 Å². The first-order valence-corrected chi connectivity index (χ1v) is 21.2. The van der Waals surface area contributed by atoms with E-state index in [-0.39, 0.29) is 32.7 Å². The Labute approximate surface area is 260 Å². The van der Waals surface area contributed by atoms with Crippen LogP contribution in [0.3, 0.4) is 0 Å². The molecular formula is C31H60N3Si2Y. The largest absolute Gasteiger partial charge is 3.00 e. The third-order valence-electron chi connectivity index (χ3n) is 4.72. The number of hydrogen-bond acceptors (Lipinski definition) is 2. The second-order valence-corrected chi connectivity index (χ2v) is 22.9. The Morgan fingerprint density at radius 2 is 1.27 bits per heavy atom. The molecule has 1 aromatic rings. The minimum atomic E-state index is -0.861. The van der Waals surface area contributed by atoms with E-state index >= 15 is 0 Å². The predicted molar refractivity (Wildman–Crippen MR) is 175 cm³/mol. The molecule has 0 saturated carbocycles. The molecule has 0 aliphatic heterocycles. The smallest absolute Gasteiger partial charge is 0.687 e. The third kappa shape index (κ3) is 25.9. The van der Waals surface area contributed by atoms with Crippen LogP contribution in [0.2, 0.25) is 39.3 Å². The summed E-state index contributed by atoms with van der Waals surface area (Å²) in [5.41, 5.74) is 5.85. The molecule has 0 spiro atoms. The van der Waals surface area contributed by atoms with Gasteiger partial charge >= 0.3 is 32.7 Å². The fraction of sp³-hybridized carbons (Fsp3) is 0.645. The van der Waals surface area contributed by atoms with Gasteiger partial charge in [0.25, 0.3) is 0 Å². The Hall–Kier alpha value is -0.0723. The number of likely N-dealkylation sites (N-methyl/N-ethyl adjacent to an activating group) is 1. The Balaban J connectivity index is -0.000000889. The normalized spacial score (nSPS) is 12.5. The standard InChI is InChI=1S/C23H38N3.2C4H11Si.Y/c1-9-26(10-2)15-14-24-19(7)16-20(8)25-23-21(17(3)4)12-11-13-22(23)18(5)6;2*1-5(2,3)4;/h11-13,16-18H,9-10,14-15H2,1-8H3;2*1H2,2-4H3;/q3*-1;+3/b19-16+,25-20?;;;. The second-order valence-electron chi connectivity index (χ2n) is 12.7. The predicted octanol–water partition coefficient (Wildman–Crippen LogP) is 10.0. The van der Waals surface area contributed by atoms with Gasteiger partial charge in [-0.1, -0.05) is 112 Å². The Morgan fingerprint density at radius 3 is 1.59 bits per heavy atom. The zero-order valence-electron chi connectivity index (χ0n) is 27.1. The maximum absolute atomic E-state index is 4.99. The van der Waals surface area contributed by atoms with Gasteiger partial charge < -0.3 is 23.3 Å². The van der Waals surface area contributed by atoms with Crippen molar-refractivity contribution in [1.82, 2.24) is 4.90 Å². The van der Waals surface area contributed by atoms with Gasteiger partial charge in [0.05, 0.1) is 5.69 Å².